The first-order valence-electron chi connectivity index (χ1n) is 19.4. The highest BCUT2D eigenvalue weighted by Gasteiger charge is 2.44. The Labute approximate surface area is 331 Å². The topological polar surface area (TPSA) is 122 Å². The van der Waals surface area contributed by atoms with Gasteiger partial charge in [-0.3, -0.25) is 0 Å². The number of fused-ring (bicyclic) bond motifs is 14. The van der Waals surface area contributed by atoms with Gasteiger partial charge in [0.1, 0.15) is 23.0 Å². The summed E-state index contributed by atoms with van der Waals surface area (Å²) in [4.78, 5) is 15.8. The number of phenols is 2. The summed E-state index contributed by atoms with van der Waals surface area (Å²) in [5.74, 6) is 1.79. The van der Waals surface area contributed by atoms with Crippen molar-refractivity contribution in [3.8, 4) is 23.0 Å². The van der Waals surface area contributed by atoms with Gasteiger partial charge in [0.05, 0.1) is 21.7 Å². The molecule has 4 aromatic heterocycles. The van der Waals surface area contributed by atoms with Crippen molar-refractivity contribution >= 4 is 0 Å². The van der Waals surface area contributed by atoms with Gasteiger partial charge in [0, 0.05) is 45.6 Å². The SMILES string of the molecule is CC1(c2cccc(O)c2)c2ccc([nH]2)C(C)(c2cccc(O)c2)c2ccc([nH]2)C2(C)c3cccc(c3)OCOc3cccc(c3)C(C)(c3ccc1[nH]3)c1ccc2[nH]1. The Balaban J connectivity index is 1.32. The van der Waals surface area contributed by atoms with Crippen molar-refractivity contribution in [2.24, 2.45) is 0 Å². The van der Waals surface area contributed by atoms with Crippen molar-refractivity contribution in [1.82, 2.24) is 19.9 Å². The summed E-state index contributed by atoms with van der Waals surface area (Å²) in [6, 6.07) is 48.8. The van der Waals surface area contributed by atoms with Gasteiger partial charge >= 0.3 is 0 Å². The predicted molar refractivity (Wildman–Crippen MR) is 221 cm³/mol. The van der Waals surface area contributed by atoms with E-state index in [0.29, 0.717) is 11.5 Å². The van der Waals surface area contributed by atoms with Crippen LogP contribution in [0.4, 0.5) is 0 Å². The molecule has 0 radical (unpaired) electrons. The van der Waals surface area contributed by atoms with E-state index in [0.717, 1.165) is 67.8 Å². The third-order valence-electron chi connectivity index (χ3n) is 13.2. The molecular formula is C49H44N4O4. The molecule has 4 unspecified atom stereocenters. The van der Waals surface area contributed by atoms with E-state index in [1.54, 1.807) is 12.1 Å². The highest BCUT2D eigenvalue weighted by molar-refractivity contribution is 5.57. The first-order valence-corrected chi connectivity index (χ1v) is 19.4. The fraction of sp³-hybridized carbons (Fsp3) is 0.184. The summed E-state index contributed by atoms with van der Waals surface area (Å²) in [6.45, 7) is 8.90. The van der Waals surface area contributed by atoms with Gasteiger partial charge in [-0.2, -0.15) is 0 Å². The van der Waals surface area contributed by atoms with Crippen molar-refractivity contribution in [3.63, 3.8) is 0 Å². The number of aromatic hydroxyl groups is 2. The van der Waals surface area contributed by atoms with Crippen LogP contribution in [0.1, 0.15) is 95.5 Å². The minimum Gasteiger partial charge on any atom is -0.508 e. The largest absolute Gasteiger partial charge is 0.508 e. The number of nitrogens with one attached hydrogen (secondary N) is 4. The molecule has 0 saturated heterocycles. The lowest BCUT2D eigenvalue weighted by atomic mass is 9.76. The van der Waals surface area contributed by atoms with E-state index in [4.69, 9.17) is 9.47 Å². The number of aromatic amines is 4. The summed E-state index contributed by atoms with van der Waals surface area (Å²) < 4.78 is 12.5. The molecule has 2 aliphatic heterocycles. The average Bonchev–Trinajstić information content (AvgIpc) is 4.07. The molecule has 6 heterocycles. The minimum atomic E-state index is -0.766. The highest BCUT2D eigenvalue weighted by Crippen LogP contribution is 2.48. The van der Waals surface area contributed by atoms with Gasteiger partial charge in [-0.1, -0.05) is 48.5 Å². The monoisotopic (exact) mass is 752 g/mol. The summed E-state index contributed by atoms with van der Waals surface area (Å²) in [5.41, 5.74) is 8.69. The normalized spacial score (nSPS) is 23.7. The van der Waals surface area contributed by atoms with Crippen LogP contribution in [0.2, 0.25) is 0 Å². The second-order valence-corrected chi connectivity index (χ2v) is 16.2. The molecular weight excluding hydrogens is 709 g/mol. The predicted octanol–water partition coefficient (Wildman–Crippen LogP) is 9.87. The lowest BCUT2D eigenvalue weighted by Crippen LogP contribution is -2.32. The smallest absolute Gasteiger partial charge is 0.230 e. The number of phenolic OH excluding ortho intramolecular Hbond substituents is 2. The van der Waals surface area contributed by atoms with E-state index in [2.05, 4.69) is 133 Å². The number of benzene rings is 4. The number of aromatic nitrogens is 4. The van der Waals surface area contributed by atoms with Crippen LogP contribution in [0.15, 0.2) is 146 Å². The zero-order valence-corrected chi connectivity index (χ0v) is 32.3. The lowest BCUT2D eigenvalue weighted by Gasteiger charge is -2.34. The van der Waals surface area contributed by atoms with Crippen LogP contribution in [0.5, 0.6) is 23.0 Å². The van der Waals surface area contributed by atoms with Gasteiger partial charge in [-0.15, -0.1) is 0 Å². The molecule has 4 aromatic carbocycles. The summed E-state index contributed by atoms with van der Waals surface area (Å²) in [5, 5.41) is 21.7. The zero-order chi connectivity index (χ0) is 39.2. The fourth-order valence-electron chi connectivity index (χ4n) is 9.33. The van der Waals surface area contributed by atoms with E-state index in [9.17, 15) is 10.2 Å². The Morgan fingerprint density at radius 2 is 0.632 bits per heavy atom. The molecule has 8 nitrogen and oxygen atoms in total. The number of hydrogen-bond acceptors (Lipinski definition) is 4. The molecule has 10 rings (SSSR count). The second kappa shape index (κ2) is 12.4. The molecule has 8 heteroatoms. The van der Waals surface area contributed by atoms with Crippen LogP contribution < -0.4 is 9.47 Å². The maximum Gasteiger partial charge on any atom is 0.230 e. The Kier molecular flexibility index (Phi) is 7.51. The standard InChI is InChI=1S/C49H44N4O4/c1-46(30-9-5-13-34(54)25-30)38-17-18-39(50-38)47(2,31-10-6-14-35(55)26-31)41-20-22-43(52-41)49(4)33-12-8-16-37(28-33)57-29-56-36-15-7-11-32(27-36)48(3,42-21-19-40(46)51-42)44-23-24-45(49)53-44/h5-28,50-55H,29H2,1-4H3. The number of hydrogen-bond donors (Lipinski definition) is 6. The Morgan fingerprint density at radius 3 is 0.912 bits per heavy atom. The van der Waals surface area contributed by atoms with Gasteiger partial charge < -0.3 is 39.6 Å². The Morgan fingerprint density at radius 1 is 0.368 bits per heavy atom. The van der Waals surface area contributed by atoms with Gasteiger partial charge in [-0.25, -0.2) is 0 Å². The molecule has 6 N–H and O–H groups in total. The van der Waals surface area contributed by atoms with Crippen LogP contribution in [-0.2, 0) is 21.7 Å². The number of H-pyrrole nitrogens is 4. The van der Waals surface area contributed by atoms with E-state index in [-0.39, 0.29) is 18.3 Å². The maximum absolute atomic E-state index is 10.9. The molecule has 0 saturated carbocycles. The first kappa shape index (κ1) is 34.7. The van der Waals surface area contributed by atoms with Gasteiger partial charge in [0.15, 0.2) is 0 Å². The summed E-state index contributed by atoms with van der Waals surface area (Å²) in [7, 11) is 0. The van der Waals surface area contributed by atoms with Crippen molar-refractivity contribution < 1.29 is 19.7 Å². The molecule has 0 aliphatic carbocycles. The minimum absolute atomic E-state index is 0.0467. The molecule has 284 valence electrons. The molecule has 57 heavy (non-hydrogen) atoms. The first-order chi connectivity index (χ1) is 27.5. The van der Waals surface area contributed by atoms with Crippen LogP contribution in [0, 0.1) is 0 Å². The second-order valence-electron chi connectivity index (χ2n) is 16.2. The molecule has 2 aliphatic rings. The number of rotatable bonds is 2. The third-order valence-corrected chi connectivity index (χ3v) is 13.2. The van der Waals surface area contributed by atoms with Crippen molar-refractivity contribution in [2.75, 3.05) is 6.79 Å². The Hall–Kier alpha value is -6.80. The molecule has 0 spiro atoms. The summed E-state index contributed by atoms with van der Waals surface area (Å²) >= 11 is 0. The fourth-order valence-corrected chi connectivity index (χ4v) is 9.33. The van der Waals surface area contributed by atoms with E-state index < -0.39 is 21.7 Å². The lowest BCUT2D eigenvalue weighted by molar-refractivity contribution is 0.119. The van der Waals surface area contributed by atoms with Crippen molar-refractivity contribution in [3.05, 3.63) is 213 Å². The molecule has 0 amide bonds. The Bertz CT molecular complexity index is 2620. The molecule has 4 atom stereocenters. The number of ether oxygens (including phenoxy) is 2. The zero-order valence-electron chi connectivity index (χ0n) is 32.3. The van der Waals surface area contributed by atoms with Crippen LogP contribution >= 0.6 is 0 Å². The van der Waals surface area contributed by atoms with Crippen LogP contribution in [-0.4, -0.2) is 36.9 Å². The van der Waals surface area contributed by atoms with Crippen molar-refractivity contribution in [2.45, 2.75) is 49.4 Å². The third kappa shape index (κ3) is 5.06. The highest BCUT2D eigenvalue weighted by atomic mass is 16.7. The summed E-state index contributed by atoms with van der Waals surface area (Å²) in [6.07, 6.45) is 0. The van der Waals surface area contributed by atoms with E-state index in [1.807, 2.05) is 48.5 Å². The van der Waals surface area contributed by atoms with E-state index in [1.165, 1.54) is 0 Å². The van der Waals surface area contributed by atoms with Crippen LogP contribution in [0.25, 0.3) is 0 Å². The molecule has 14 bridgehead atoms. The van der Waals surface area contributed by atoms with Gasteiger partial charge in [-0.05, 0) is 147 Å². The molecule has 0 fully saturated rings. The van der Waals surface area contributed by atoms with Gasteiger partial charge in [0.2, 0.25) is 6.79 Å². The maximum atomic E-state index is 10.9. The molecule has 8 aromatic rings. The van der Waals surface area contributed by atoms with E-state index >= 15 is 0 Å². The van der Waals surface area contributed by atoms with Gasteiger partial charge in [0.25, 0.3) is 0 Å². The quantitative estimate of drug-likeness (QED) is 0.105. The van der Waals surface area contributed by atoms with Crippen LogP contribution in [0.3, 0.4) is 0 Å². The average molecular weight is 753 g/mol. The van der Waals surface area contributed by atoms with Crippen molar-refractivity contribution in [1.29, 1.82) is 0 Å².